The lowest BCUT2D eigenvalue weighted by Crippen LogP contribution is -2.50. The minimum atomic E-state index is -0.326. The predicted molar refractivity (Wildman–Crippen MR) is 90.4 cm³/mol. The molecule has 9 nitrogen and oxygen atoms in total. The molecule has 1 aromatic heterocycles. The number of amides is 2. The van der Waals surface area contributed by atoms with E-state index in [9.17, 15) is 9.59 Å². The number of rotatable bonds is 4. The summed E-state index contributed by atoms with van der Waals surface area (Å²) in [7, 11) is 3.02. The van der Waals surface area contributed by atoms with Crippen LogP contribution < -0.4 is 9.47 Å². The van der Waals surface area contributed by atoms with E-state index in [1.54, 1.807) is 34.9 Å². The first kappa shape index (κ1) is 17.7. The molecular weight excluding hydrogens is 340 g/mol. The van der Waals surface area contributed by atoms with E-state index in [1.165, 1.54) is 14.2 Å². The third-order valence-electron chi connectivity index (χ3n) is 4.20. The second-order valence-electron chi connectivity index (χ2n) is 5.75. The summed E-state index contributed by atoms with van der Waals surface area (Å²) in [5.41, 5.74) is 0.379. The molecule has 3 rings (SSSR count). The molecule has 0 saturated carbocycles. The molecule has 2 aromatic rings. The van der Waals surface area contributed by atoms with E-state index in [0.717, 1.165) is 0 Å². The Morgan fingerprint density at radius 2 is 1.50 bits per heavy atom. The molecule has 138 valence electrons. The van der Waals surface area contributed by atoms with E-state index in [1.807, 2.05) is 0 Å². The van der Waals surface area contributed by atoms with Gasteiger partial charge in [0, 0.05) is 33.1 Å². The van der Waals surface area contributed by atoms with Crippen LogP contribution in [0, 0.1) is 6.92 Å². The van der Waals surface area contributed by atoms with Crippen molar-refractivity contribution in [3.63, 3.8) is 0 Å². The number of hydrogen-bond acceptors (Lipinski definition) is 7. The van der Waals surface area contributed by atoms with Gasteiger partial charge in [0.15, 0.2) is 0 Å². The van der Waals surface area contributed by atoms with Crippen molar-refractivity contribution in [1.82, 2.24) is 20.0 Å². The van der Waals surface area contributed by atoms with Crippen molar-refractivity contribution in [2.24, 2.45) is 0 Å². The fraction of sp³-hybridized carbons (Fsp3) is 0.412. The van der Waals surface area contributed by atoms with Crippen LogP contribution in [0.4, 0.5) is 0 Å². The second-order valence-corrected chi connectivity index (χ2v) is 5.75. The van der Waals surface area contributed by atoms with Crippen LogP contribution in [0.15, 0.2) is 22.6 Å². The highest BCUT2D eigenvalue weighted by Crippen LogP contribution is 2.29. The van der Waals surface area contributed by atoms with Crippen LogP contribution in [-0.2, 0) is 0 Å². The first-order valence-corrected chi connectivity index (χ1v) is 8.14. The smallest absolute Gasteiger partial charge is 0.311 e. The van der Waals surface area contributed by atoms with Crippen molar-refractivity contribution in [2.45, 2.75) is 6.92 Å². The quantitative estimate of drug-likeness (QED) is 0.802. The number of nitrogens with zero attached hydrogens (tertiary/aromatic N) is 4. The summed E-state index contributed by atoms with van der Waals surface area (Å²) in [6.45, 7) is 3.16. The zero-order valence-corrected chi connectivity index (χ0v) is 14.9. The molecule has 0 N–H and O–H groups in total. The van der Waals surface area contributed by atoms with Crippen LogP contribution in [0.5, 0.6) is 11.5 Å². The molecule has 1 saturated heterocycles. The molecule has 2 heterocycles. The molecule has 0 bridgehead atoms. The van der Waals surface area contributed by atoms with Crippen molar-refractivity contribution >= 4 is 11.8 Å². The number of benzene rings is 1. The van der Waals surface area contributed by atoms with Crippen LogP contribution in [-0.4, -0.2) is 72.2 Å². The van der Waals surface area contributed by atoms with Gasteiger partial charge < -0.3 is 23.7 Å². The minimum Gasteiger partial charge on any atom is -0.496 e. The molecule has 0 atom stereocenters. The van der Waals surface area contributed by atoms with Crippen LogP contribution >= 0.6 is 0 Å². The monoisotopic (exact) mass is 360 g/mol. The average molecular weight is 360 g/mol. The zero-order chi connectivity index (χ0) is 18.7. The number of piperazine rings is 1. The number of hydrogen-bond donors (Lipinski definition) is 0. The molecule has 0 spiro atoms. The summed E-state index contributed by atoms with van der Waals surface area (Å²) in [5, 5.41) is 7.41. The average Bonchev–Trinajstić information content (AvgIpc) is 3.12. The van der Waals surface area contributed by atoms with Crippen LogP contribution in [0.2, 0.25) is 0 Å². The van der Waals surface area contributed by atoms with Crippen molar-refractivity contribution in [1.29, 1.82) is 0 Å². The minimum absolute atomic E-state index is 0.0336. The van der Waals surface area contributed by atoms with Gasteiger partial charge in [-0.05, 0) is 12.1 Å². The summed E-state index contributed by atoms with van der Waals surface area (Å²) in [6, 6.07) is 5.19. The standard InChI is InChI=1S/C17H20N4O5/c1-11-18-19-15(26-11)17(23)21-9-7-20(8-10-21)16(22)14-12(24-2)5-4-6-13(14)25-3/h4-6H,7-10H2,1-3H3. The summed E-state index contributed by atoms with van der Waals surface area (Å²) in [6.07, 6.45) is 0. The Bertz CT molecular complexity index is 789. The van der Waals surface area contributed by atoms with Gasteiger partial charge in [0.2, 0.25) is 5.89 Å². The first-order chi connectivity index (χ1) is 12.5. The fourth-order valence-electron chi connectivity index (χ4n) is 2.85. The molecule has 1 aromatic carbocycles. The van der Waals surface area contributed by atoms with E-state index in [2.05, 4.69) is 10.2 Å². The maximum atomic E-state index is 12.9. The van der Waals surface area contributed by atoms with E-state index in [-0.39, 0.29) is 17.7 Å². The van der Waals surface area contributed by atoms with Gasteiger partial charge in [-0.15, -0.1) is 10.2 Å². The van der Waals surface area contributed by atoms with E-state index in [4.69, 9.17) is 13.9 Å². The number of aromatic nitrogens is 2. The van der Waals surface area contributed by atoms with Crippen molar-refractivity contribution in [2.75, 3.05) is 40.4 Å². The van der Waals surface area contributed by atoms with Gasteiger partial charge >= 0.3 is 11.8 Å². The van der Waals surface area contributed by atoms with Crippen molar-refractivity contribution < 1.29 is 23.5 Å². The summed E-state index contributed by atoms with van der Waals surface area (Å²) >= 11 is 0. The van der Waals surface area contributed by atoms with Gasteiger partial charge in [-0.1, -0.05) is 6.07 Å². The molecule has 1 fully saturated rings. The van der Waals surface area contributed by atoms with E-state index in [0.29, 0.717) is 49.1 Å². The number of ether oxygens (including phenoxy) is 2. The molecule has 26 heavy (non-hydrogen) atoms. The normalized spacial score (nSPS) is 14.3. The van der Waals surface area contributed by atoms with Gasteiger partial charge in [0.25, 0.3) is 5.91 Å². The van der Waals surface area contributed by atoms with Gasteiger partial charge in [0.1, 0.15) is 17.1 Å². The van der Waals surface area contributed by atoms with Crippen LogP contribution in [0.3, 0.4) is 0 Å². The summed E-state index contributed by atoms with van der Waals surface area (Å²) in [5.74, 6) is 0.690. The SMILES string of the molecule is COc1cccc(OC)c1C(=O)N1CCN(C(=O)c2nnc(C)o2)CC1. The lowest BCUT2D eigenvalue weighted by molar-refractivity contribution is 0.0509. The molecule has 0 radical (unpaired) electrons. The topological polar surface area (TPSA) is 98.0 Å². The lowest BCUT2D eigenvalue weighted by atomic mass is 10.1. The van der Waals surface area contributed by atoms with E-state index < -0.39 is 0 Å². The highest BCUT2D eigenvalue weighted by Gasteiger charge is 2.30. The predicted octanol–water partition coefficient (Wildman–Crippen LogP) is 0.993. The Labute approximate surface area is 150 Å². The molecule has 0 unspecified atom stereocenters. The Hall–Kier alpha value is -3.10. The van der Waals surface area contributed by atoms with Crippen LogP contribution in [0.25, 0.3) is 0 Å². The highest BCUT2D eigenvalue weighted by atomic mass is 16.5. The second kappa shape index (κ2) is 7.42. The maximum absolute atomic E-state index is 12.9. The van der Waals surface area contributed by atoms with E-state index >= 15 is 0 Å². The van der Waals surface area contributed by atoms with Gasteiger partial charge in [-0.25, -0.2) is 0 Å². The molecule has 1 aliphatic rings. The molecule has 2 amide bonds. The third-order valence-corrected chi connectivity index (χ3v) is 4.20. The molecule has 9 heteroatoms. The number of aryl methyl sites for hydroxylation is 1. The van der Waals surface area contributed by atoms with Crippen molar-refractivity contribution in [3.05, 3.63) is 35.5 Å². The van der Waals surface area contributed by atoms with Crippen molar-refractivity contribution in [3.8, 4) is 11.5 Å². The van der Waals surface area contributed by atoms with Crippen LogP contribution in [0.1, 0.15) is 26.9 Å². The molecular formula is C17H20N4O5. The molecule has 0 aliphatic carbocycles. The molecule has 1 aliphatic heterocycles. The lowest BCUT2D eigenvalue weighted by Gasteiger charge is -2.34. The first-order valence-electron chi connectivity index (χ1n) is 8.14. The van der Waals surface area contributed by atoms with Gasteiger partial charge in [0.05, 0.1) is 14.2 Å². The Kier molecular flexibility index (Phi) is 5.06. The van der Waals surface area contributed by atoms with Gasteiger partial charge in [-0.2, -0.15) is 0 Å². The maximum Gasteiger partial charge on any atom is 0.311 e. The summed E-state index contributed by atoms with van der Waals surface area (Å²) in [4.78, 5) is 28.5. The highest BCUT2D eigenvalue weighted by molar-refractivity contribution is 6.00. The Morgan fingerprint density at radius 1 is 0.962 bits per heavy atom. The fourth-order valence-corrected chi connectivity index (χ4v) is 2.85. The summed E-state index contributed by atoms with van der Waals surface area (Å²) < 4.78 is 15.8. The zero-order valence-electron chi connectivity index (χ0n) is 14.9. The number of carbonyl (C=O) groups is 2. The Balaban J connectivity index is 1.70. The number of carbonyl (C=O) groups excluding carboxylic acids is 2. The third kappa shape index (κ3) is 3.32. The largest absolute Gasteiger partial charge is 0.496 e. The number of methoxy groups -OCH3 is 2. The van der Waals surface area contributed by atoms with Gasteiger partial charge in [-0.3, -0.25) is 9.59 Å². The Morgan fingerprint density at radius 3 is 1.96 bits per heavy atom.